The Kier molecular flexibility index (Phi) is 4.90. The van der Waals surface area contributed by atoms with E-state index < -0.39 is 0 Å². The first-order chi connectivity index (χ1) is 10.8. The maximum Gasteiger partial charge on any atom is 0.206 e. The van der Waals surface area contributed by atoms with E-state index in [0.717, 1.165) is 43.4 Å². The summed E-state index contributed by atoms with van der Waals surface area (Å²) in [6, 6.07) is 3.93. The number of ether oxygens (including phenoxy) is 1. The van der Waals surface area contributed by atoms with Crippen LogP contribution in [0, 0.1) is 0 Å². The Morgan fingerprint density at radius 2 is 2.18 bits per heavy atom. The van der Waals surface area contributed by atoms with Gasteiger partial charge in [0.05, 0.1) is 19.3 Å². The number of pyridine rings is 1. The number of nitrogens with one attached hydrogen (secondary N) is 1. The summed E-state index contributed by atoms with van der Waals surface area (Å²) in [5.74, 6) is 0.882. The van der Waals surface area contributed by atoms with Crippen molar-refractivity contribution in [3.63, 3.8) is 0 Å². The Morgan fingerprint density at radius 1 is 1.36 bits per heavy atom. The van der Waals surface area contributed by atoms with E-state index in [1.54, 1.807) is 0 Å². The molecule has 0 amide bonds. The predicted octanol–water partition coefficient (Wildman–Crippen LogP) is 2.32. The minimum atomic E-state index is 0.283. The minimum Gasteiger partial charge on any atom is -0.380 e. The fraction of sp³-hybridized carbons (Fsp3) is 0.625. The number of nitrogens with zero attached hydrogens (tertiary/aromatic N) is 4. The lowest BCUT2D eigenvalue weighted by atomic mass is 10.4. The lowest BCUT2D eigenvalue weighted by molar-refractivity contribution is 0.140. The van der Waals surface area contributed by atoms with E-state index in [9.17, 15) is 0 Å². The van der Waals surface area contributed by atoms with E-state index in [2.05, 4.69) is 26.7 Å². The van der Waals surface area contributed by atoms with Crippen LogP contribution < -0.4 is 5.32 Å². The highest BCUT2D eigenvalue weighted by Gasteiger charge is 2.20. The van der Waals surface area contributed by atoms with Crippen LogP contribution in [0.5, 0.6) is 0 Å². The molecule has 1 N–H and O–H groups in total. The van der Waals surface area contributed by atoms with Crippen molar-refractivity contribution in [3.8, 4) is 0 Å². The van der Waals surface area contributed by atoms with Crippen LogP contribution in [0.3, 0.4) is 0 Å². The third-order valence-electron chi connectivity index (χ3n) is 4.19. The Labute approximate surface area is 131 Å². The Bertz CT molecular complexity index is 606. The molecule has 0 radical (unpaired) electrons. The molecule has 1 aliphatic heterocycles. The highest BCUT2D eigenvalue weighted by Crippen LogP contribution is 2.20. The smallest absolute Gasteiger partial charge is 0.206 e. The molecule has 2 aromatic rings. The molecule has 120 valence electrons. The van der Waals surface area contributed by atoms with Crippen LogP contribution in [0.4, 0.5) is 5.95 Å². The van der Waals surface area contributed by atoms with Crippen LogP contribution in [0.15, 0.2) is 18.3 Å². The molecule has 0 bridgehead atoms. The Balaban J connectivity index is 1.81. The molecular weight excluding hydrogens is 278 g/mol. The monoisotopic (exact) mass is 303 g/mol. The van der Waals surface area contributed by atoms with Gasteiger partial charge in [0.25, 0.3) is 0 Å². The third kappa shape index (κ3) is 3.23. The topological polar surface area (TPSA) is 55.2 Å². The van der Waals surface area contributed by atoms with Gasteiger partial charge in [0.15, 0.2) is 5.65 Å². The highest BCUT2D eigenvalue weighted by atomic mass is 16.5. The molecule has 6 nitrogen and oxygen atoms in total. The second kappa shape index (κ2) is 7.07. The normalized spacial score (nSPS) is 17.2. The quantitative estimate of drug-likeness (QED) is 0.796. The summed E-state index contributed by atoms with van der Waals surface area (Å²) < 4.78 is 7.62. The predicted molar refractivity (Wildman–Crippen MR) is 87.9 cm³/mol. The Morgan fingerprint density at radius 3 is 2.95 bits per heavy atom. The first-order valence-electron chi connectivity index (χ1n) is 8.19. The molecule has 6 heteroatoms. The first-order valence-corrected chi connectivity index (χ1v) is 8.19. The molecule has 3 rings (SSSR count). The van der Waals surface area contributed by atoms with Crippen molar-refractivity contribution in [1.29, 1.82) is 0 Å². The zero-order valence-electron chi connectivity index (χ0n) is 13.5. The van der Waals surface area contributed by atoms with E-state index >= 15 is 0 Å². The van der Waals surface area contributed by atoms with Gasteiger partial charge in [-0.15, -0.1) is 0 Å². The minimum absolute atomic E-state index is 0.283. The van der Waals surface area contributed by atoms with Gasteiger partial charge in [-0.2, -0.15) is 0 Å². The van der Waals surface area contributed by atoms with E-state index in [0.29, 0.717) is 6.61 Å². The lowest BCUT2D eigenvalue weighted by Gasteiger charge is -2.25. The second-order valence-electron chi connectivity index (χ2n) is 5.69. The molecule has 1 fully saturated rings. The standard InChI is InChI=1S/C16H25N5O/c1-3-22-12-11-21-15-14(7-6-8-17-15)19-16(21)18-13(2)20-9-4-5-10-20/h6-8,13H,3-5,9-12H2,1-2H3,(H,18,19). The maximum absolute atomic E-state index is 5.50. The molecule has 0 spiro atoms. The van der Waals surface area contributed by atoms with Crippen LogP contribution in [-0.4, -0.2) is 51.9 Å². The molecule has 2 aromatic heterocycles. The number of hydrogen-bond acceptors (Lipinski definition) is 5. The fourth-order valence-corrected chi connectivity index (χ4v) is 2.99. The summed E-state index contributed by atoms with van der Waals surface area (Å²) in [4.78, 5) is 11.6. The van der Waals surface area contributed by atoms with Gasteiger partial charge in [0, 0.05) is 25.9 Å². The van der Waals surface area contributed by atoms with Crippen molar-refractivity contribution in [2.45, 2.75) is 39.4 Å². The van der Waals surface area contributed by atoms with Gasteiger partial charge in [-0.1, -0.05) is 0 Å². The van der Waals surface area contributed by atoms with Gasteiger partial charge in [-0.25, -0.2) is 9.97 Å². The van der Waals surface area contributed by atoms with Gasteiger partial charge in [0.2, 0.25) is 5.95 Å². The van der Waals surface area contributed by atoms with Crippen LogP contribution in [-0.2, 0) is 11.3 Å². The number of anilines is 1. The van der Waals surface area contributed by atoms with Crippen LogP contribution in [0.1, 0.15) is 26.7 Å². The van der Waals surface area contributed by atoms with Crippen molar-refractivity contribution < 1.29 is 4.74 Å². The number of fused-ring (bicyclic) bond motifs is 1. The fourth-order valence-electron chi connectivity index (χ4n) is 2.99. The van der Waals surface area contributed by atoms with Gasteiger partial charge in [-0.3, -0.25) is 9.47 Å². The molecule has 1 atom stereocenters. The molecule has 1 saturated heterocycles. The lowest BCUT2D eigenvalue weighted by Crippen LogP contribution is -2.37. The van der Waals surface area contributed by atoms with Crippen molar-refractivity contribution >= 4 is 17.1 Å². The van der Waals surface area contributed by atoms with E-state index in [4.69, 9.17) is 9.72 Å². The zero-order valence-corrected chi connectivity index (χ0v) is 13.5. The number of likely N-dealkylation sites (tertiary alicyclic amines) is 1. The van der Waals surface area contributed by atoms with E-state index in [1.807, 2.05) is 25.3 Å². The van der Waals surface area contributed by atoms with Gasteiger partial charge >= 0.3 is 0 Å². The van der Waals surface area contributed by atoms with Gasteiger partial charge < -0.3 is 10.1 Å². The maximum atomic E-state index is 5.50. The second-order valence-corrected chi connectivity index (χ2v) is 5.69. The summed E-state index contributed by atoms with van der Waals surface area (Å²) in [7, 11) is 0. The highest BCUT2D eigenvalue weighted by molar-refractivity contribution is 5.74. The van der Waals surface area contributed by atoms with Crippen molar-refractivity contribution in [2.24, 2.45) is 0 Å². The van der Waals surface area contributed by atoms with E-state index in [1.165, 1.54) is 12.8 Å². The number of imidazole rings is 1. The summed E-state index contributed by atoms with van der Waals surface area (Å²) in [5, 5.41) is 3.55. The SMILES string of the molecule is CCOCCn1c(NC(C)N2CCCC2)nc2cccnc21. The molecule has 22 heavy (non-hydrogen) atoms. The summed E-state index contributed by atoms with van der Waals surface area (Å²) >= 11 is 0. The summed E-state index contributed by atoms with van der Waals surface area (Å²) in [6.07, 6.45) is 4.67. The summed E-state index contributed by atoms with van der Waals surface area (Å²) in [5.41, 5.74) is 1.84. The average Bonchev–Trinajstić information content (AvgIpc) is 3.16. The molecule has 0 saturated carbocycles. The molecule has 1 unspecified atom stereocenters. The molecule has 1 aliphatic rings. The molecule has 3 heterocycles. The van der Waals surface area contributed by atoms with Crippen LogP contribution in [0.25, 0.3) is 11.2 Å². The van der Waals surface area contributed by atoms with Gasteiger partial charge in [0.1, 0.15) is 5.52 Å². The van der Waals surface area contributed by atoms with Crippen molar-refractivity contribution in [2.75, 3.05) is 31.6 Å². The van der Waals surface area contributed by atoms with Crippen LogP contribution in [0.2, 0.25) is 0 Å². The van der Waals surface area contributed by atoms with Gasteiger partial charge in [-0.05, 0) is 38.8 Å². The summed E-state index contributed by atoms with van der Waals surface area (Å²) in [6.45, 7) is 8.69. The first kappa shape index (κ1) is 15.2. The molecule has 0 aromatic carbocycles. The Hall–Kier alpha value is -1.66. The molecular formula is C16H25N5O. The van der Waals surface area contributed by atoms with Crippen LogP contribution >= 0.6 is 0 Å². The average molecular weight is 303 g/mol. The number of rotatable bonds is 7. The largest absolute Gasteiger partial charge is 0.380 e. The van der Waals surface area contributed by atoms with Crippen molar-refractivity contribution in [3.05, 3.63) is 18.3 Å². The zero-order chi connectivity index (χ0) is 15.4. The molecule has 0 aliphatic carbocycles. The number of aromatic nitrogens is 3. The third-order valence-corrected chi connectivity index (χ3v) is 4.19. The number of hydrogen-bond donors (Lipinski definition) is 1. The van der Waals surface area contributed by atoms with Crippen molar-refractivity contribution in [1.82, 2.24) is 19.4 Å². The van der Waals surface area contributed by atoms with E-state index in [-0.39, 0.29) is 6.17 Å².